The molecular weight excluding hydrogens is 479 g/mol. The molecule has 0 spiro atoms. The molecule has 0 aliphatic carbocycles. The fourth-order valence-electron chi connectivity index (χ4n) is 4.72. The Labute approximate surface area is 225 Å². The Morgan fingerprint density at radius 1 is 0.886 bits per heavy atom. The molecule has 2 aliphatic rings. The van der Waals surface area contributed by atoms with E-state index in [1.165, 1.54) is 49.9 Å². The Morgan fingerprint density at radius 2 is 1.43 bits per heavy atom. The molecule has 0 radical (unpaired) electrons. The van der Waals surface area contributed by atoms with Gasteiger partial charge in [0.05, 0.1) is 0 Å². The van der Waals surface area contributed by atoms with E-state index in [2.05, 4.69) is 59.9 Å². The number of piperidine rings is 2. The first-order valence-corrected chi connectivity index (χ1v) is 12.7. The zero-order valence-electron chi connectivity index (χ0n) is 21.6. The van der Waals surface area contributed by atoms with Crippen LogP contribution in [0.2, 0.25) is 0 Å². The summed E-state index contributed by atoms with van der Waals surface area (Å²) in [5.74, 6) is 1.40. The number of benzene rings is 2. The van der Waals surface area contributed by atoms with E-state index in [0.29, 0.717) is 5.92 Å². The summed E-state index contributed by atoms with van der Waals surface area (Å²) in [6.07, 6.45) is 7.11. The van der Waals surface area contributed by atoms with Gasteiger partial charge in [-0.1, -0.05) is 60.7 Å². The molecule has 2 saturated heterocycles. The van der Waals surface area contributed by atoms with Crippen molar-refractivity contribution in [3.8, 4) is 0 Å². The van der Waals surface area contributed by atoms with Gasteiger partial charge in [-0.2, -0.15) is 0 Å². The van der Waals surface area contributed by atoms with E-state index in [1.807, 2.05) is 31.7 Å². The Balaban J connectivity index is 0.000000356. The molecule has 2 aliphatic heterocycles. The second kappa shape index (κ2) is 16.1. The van der Waals surface area contributed by atoms with Crippen molar-refractivity contribution in [1.29, 1.82) is 0 Å². The van der Waals surface area contributed by atoms with Crippen molar-refractivity contribution in [1.82, 2.24) is 10.2 Å². The van der Waals surface area contributed by atoms with E-state index in [-0.39, 0.29) is 30.9 Å². The molecule has 35 heavy (non-hydrogen) atoms. The smallest absolute Gasteiger partial charge is 0.410 e. The molecule has 0 bridgehead atoms. The van der Waals surface area contributed by atoms with Crippen molar-refractivity contribution in [3.05, 3.63) is 71.8 Å². The van der Waals surface area contributed by atoms with Crippen LogP contribution < -0.4 is 5.32 Å². The van der Waals surface area contributed by atoms with Crippen molar-refractivity contribution >= 4 is 30.9 Å². The van der Waals surface area contributed by atoms with Crippen LogP contribution >= 0.6 is 24.8 Å². The van der Waals surface area contributed by atoms with Crippen LogP contribution in [0.4, 0.5) is 4.79 Å². The maximum Gasteiger partial charge on any atom is 0.410 e. The minimum Gasteiger partial charge on any atom is -0.444 e. The summed E-state index contributed by atoms with van der Waals surface area (Å²) in [6.45, 7) is 9.78. The molecule has 2 atom stereocenters. The van der Waals surface area contributed by atoms with Crippen LogP contribution in [-0.4, -0.2) is 42.8 Å². The summed E-state index contributed by atoms with van der Waals surface area (Å²) in [4.78, 5) is 14.0. The van der Waals surface area contributed by atoms with Gasteiger partial charge < -0.3 is 15.0 Å². The van der Waals surface area contributed by atoms with Crippen LogP contribution in [-0.2, 0) is 17.6 Å². The Hall–Kier alpha value is -1.75. The van der Waals surface area contributed by atoms with Gasteiger partial charge in [-0.3, -0.25) is 0 Å². The second-order valence-corrected chi connectivity index (χ2v) is 10.5. The number of hydrogen-bond donors (Lipinski definition) is 1. The molecular formula is C29H44Cl2N2O2. The molecule has 6 heteroatoms. The van der Waals surface area contributed by atoms with Gasteiger partial charge in [-0.25, -0.2) is 4.79 Å². The highest BCUT2D eigenvalue weighted by Gasteiger charge is 2.27. The highest BCUT2D eigenvalue weighted by atomic mass is 35.5. The Morgan fingerprint density at radius 3 is 1.94 bits per heavy atom. The molecule has 2 aromatic rings. The fourth-order valence-corrected chi connectivity index (χ4v) is 4.72. The van der Waals surface area contributed by atoms with E-state index >= 15 is 0 Å². The number of nitrogens with one attached hydrogen (secondary N) is 1. The molecule has 2 fully saturated rings. The van der Waals surface area contributed by atoms with E-state index in [4.69, 9.17) is 4.74 Å². The van der Waals surface area contributed by atoms with Gasteiger partial charge in [-0.15, -0.1) is 24.8 Å². The average molecular weight is 524 g/mol. The van der Waals surface area contributed by atoms with E-state index in [0.717, 1.165) is 31.8 Å². The lowest BCUT2D eigenvalue weighted by Crippen LogP contribution is -2.43. The summed E-state index contributed by atoms with van der Waals surface area (Å²) in [6, 6.07) is 21.3. The normalized spacial score (nSPS) is 19.8. The number of nitrogens with zero attached hydrogens (tertiary/aromatic N) is 1. The highest BCUT2D eigenvalue weighted by molar-refractivity contribution is 5.85. The number of carbonyl (C=O) groups is 1. The number of carbonyl (C=O) groups excluding carboxylic acids is 1. The first-order chi connectivity index (χ1) is 15.9. The first kappa shape index (κ1) is 31.3. The zero-order valence-corrected chi connectivity index (χ0v) is 23.2. The Bertz CT molecular complexity index is 822. The number of ether oxygens (including phenoxy) is 1. The van der Waals surface area contributed by atoms with Crippen LogP contribution in [0.15, 0.2) is 60.7 Å². The van der Waals surface area contributed by atoms with Crippen LogP contribution in [0, 0.1) is 11.8 Å². The average Bonchev–Trinajstić information content (AvgIpc) is 2.81. The quantitative estimate of drug-likeness (QED) is 0.472. The number of rotatable bonds is 4. The van der Waals surface area contributed by atoms with Crippen molar-refractivity contribution in [2.45, 2.75) is 64.9 Å². The summed E-state index contributed by atoms with van der Waals surface area (Å²) < 4.78 is 5.46. The third-order valence-corrected chi connectivity index (χ3v) is 6.30. The number of amides is 1. The third-order valence-electron chi connectivity index (χ3n) is 6.30. The van der Waals surface area contributed by atoms with Crippen LogP contribution in [0.5, 0.6) is 0 Å². The first-order valence-electron chi connectivity index (χ1n) is 12.7. The van der Waals surface area contributed by atoms with Gasteiger partial charge in [0, 0.05) is 13.1 Å². The van der Waals surface area contributed by atoms with Crippen molar-refractivity contribution in [3.63, 3.8) is 0 Å². The lowest BCUT2D eigenvalue weighted by Gasteiger charge is -2.34. The minimum atomic E-state index is -0.413. The maximum atomic E-state index is 12.1. The fraction of sp³-hybridized carbons (Fsp3) is 0.552. The number of halogens is 2. The van der Waals surface area contributed by atoms with Gasteiger partial charge in [-0.05, 0) is 95.3 Å². The predicted octanol–water partition coefficient (Wildman–Crippen LogP) is 6.95. The molecule has 196 valence electrons. The number of hydrogen-bond acceptors (Lipinski definition) is 3. The zero-order chi connectivity index (χ0) is 23.5. The van der Waals surface area contributed by atoms with E-state index < -0.39 is 5.60 Å². The minimum absolute atomic E-state index is 0. The predicted molar refractivity (Wildman–Crippen MR) is 151 cm³/mol. The topological polar surface area (TPSA) is 41.6 Å². The lowest BCUT2D eigenvalue weighted by atomic mass is 9.91. The third kappa shape index (κ3) is 12.2. The molecule has 2 aromatic carbocycles. The molecule has 4 rings (SSSR count). The molecule has 1 N–H and O–H groups in total. The maximum absolute atomic E-state index is 12.1. The van der Waals surface area contributed by atoms with Gasteiger partial charge >= 0.3 is 6.09 Å². The molecule has 0 aromatic heterocycles. The molecule has 2 heterocycles. The SMILES string of the molecule is CC(C)(C)OC(=O)N1CCCC(Cc2ccccc2)C1.Cl.Cl.c1ccc(CC2CCCNC2)cc1. The molecule has 0 saturated carbocycles. The van der Waals surface area contributed by atoms with Gasteiger partial charge in [0.2, 0.25) is 0 Å². The van der Waals surface area contributed by atoms with E-state index in [1.54, 1.807) is 0 Å². The summed E-state index contributed by atoms with van der Waals surface area (Å²) in [5, 5.41) is 3.46. The summed E-state index contributed by atoms with van der Waals surface area (Å²) in [7, 11) is 0. The van der Waals surface area contributed by atoms with Crippen LogP contribution in [0.25, 0.3) is 0 Å². The standard InChI is InChI=1S/C17H25NO2.C12H17N.2ClH/c1-17(2,3)20-16(19)18-11-7-10-15(13-18)12-14-8-5-4-6-9-14;1-2-5-11(6-3-1)9-12-7-4-8-13-10-12;;/h4-6,8-9,15H,7,10-13H2,1-3H3;1-3,5-6,12-13H,4,7-10H2;2*1H. The van der Waals surface area contributed by atoms with Crippen LogP contribution in [0.1, 0.15) is 57.6 Å². The van der Waals surface area contributed by atoms with Gasteiger partial charge in [0.1, 0.15) is 5.60 Å². The molecule has 4 nitrogen and oxygen atoms in total. The van der Waals surface area contributed by atoms with Crippen molar-refractivity contribution in [2.24, 2.45) is 11.8 Å². The summed E-state index contributed by atoms with van der Waals surface area (Å²) >= 11 is 0. The van der Waals surface area contributed by atoms with Gasteiger partial charge in [0.15, 0.2) is 0 Å². The Kier molecular flexibility index (Phi) is 14.4. The lowest BCUT2D eigenvalue weighted by molar-refractivity contribution is 0.0166. The monoisotopic (exact) mass is 522 g/mol. The number of likely N-dealkylation sites (tertiary alicyclic amines) is 1. The van der Waals surface area contributed by atoms with Gasteiger partial charge in [0.25, 0.3) is 0 Å². The molecule has 1 amide bonds. The van der Waals surface area contributed by atoms with Crippen molar-refractivity contribution < 1.29 is 9.53 Å². The largest absolute Gasteiger partial charge is 0.444 e. The van der Waals surface area contributed by atoms with Crippen LogP contribution in [0.3, 0.4) is 0 Å². The summed E-state index contributed by atoms with van der Waals surface area (Å²) in [5.41, 5.74) is 2.42. The van der Waals surface area contributed by atoms with Crippen molar-refractivity contribution in [2.75, 3.05) is 26.2 Å². The molecule has 2 unspecified atom stereocenters. The second-order valence-electron chi connectivity index (χ2n) is 10.5. The highest BCUT2D eigenvalue weighted by Crippen LogP contribution is 2.22. The van der Waals surface area contributed by atoms with E-state index in [9.17, 15) is 4.79 Å².